The fourth-order valence-corrected chi connectivity index (χ4v) is 2.23. The van der Waals surface area contributed by atoms with Crippen molar-refractivity contribution < 1.29 is 13.5 Å². The van der Waals surface area contributed by atoms with Gasteiger partial charge in [0.25, 0.3) is 6.02 Å². The molecule has 5 heteroatoms. The van der Waals surface area contributed by atoms with Gasteiger partial charge in [-0.1, -0.05) is 13.0 Å². The lowest BCUT2D eigenvalue weighted by atomic mass is 9.90. The Kier molecular flexibility index (Phi) is 3.79. The Bertz CT molecular complexity index is 462. The normalized spacial score (nSPS) is 20.4. The zero-order valence-corrected chi connectivity index (χ0v) is 10.2. The number of benzene rings is 1. The average Bonchev–Trinajstić information content (AvgIpc) is 2.72. The molecule has 1 aliphatic rings. The van der Waals surface area contributed by atoms with E-state index in [0.29, 0.717) is 18.6 Å². The number of hydrogen-bond donors (Lipinski definition) is 1. The molecule has 98 valence electrons. The molecule has 0 fully saturated rings. The monoisotopic (exact) mass is 254 g/mol. The number of rotatable bonds is 4. The number of nitrogens with zero attached hydrogens (tertiary/aromatic N) is 1. The van der Waals surface area contributed by atoms with Gasteiger partial charge >= 0.3 is 0 Å². The van der Waals surface area contributed by atoms with Crippen LogP contribution in [0.4, 0.5) is 8.78 Å². The summed E-state index contributed by atoms with van der Waals surface area (Å²) in [5.41, 5.74) is 5.96. The molecule has 0 bridgehead atoms. The van der Waals surface area contributed by atoms with Gasteiger partial charge in [-0.05, 0) is 30.4 Å². The van der Waals surface area contributed by atoms with Crippen molar-refractivity contribution in [2.45, 2.75) is 31.7 Å². The van der Waals surface area contributed by atoms with Crippen molar-refractivity contribution in [2.24, 2.45) is 10.7 Å². The largest absolute Gasteiger partial charge is 0.463 e. The van der Waals surface area contributed by atoms with Crippen molar-refractivity contribution in [3.63, 3.8) is 0 Å². The third-order valence-corrected chi connectivity index (χ3v) is 3.19. The molecule has 0 saturated heterocycles. The topological polar surface area (TPSA) is 47.6 Å². The van der Waals surface area contributed by atoms with Crippen LogP contribution in [0.2, 0.25) is 0 Å². The first-order valence-corrected chi connectivity index (χ1v) is 6.01. The van der Waals surface area contributed by atoms with Gasteiger partial charge in [-0.25, -0.2) is 13.8 Å². The Morgan fingerprint density at radius 1 is 1.50 bits per heavy atom. The molecule has 1 aliphatic heterocycles. The van der Waals surface area contributed by atoms with Crippen LogP contribution in [-0.2, 0) is 4.74 Å². The molecule has 1 aromatic carbocycles. The van der Waals surface area contributed by atoms with Crippen molar-refractivity contribution in [2.75, 3.05) is 6.61 Å². The van der Waals surface area contributed by atoms with Crippen molar-refractivity contribution in [3.8, 4) is 0 Å². The lowest BCUT2D eigenvalue weighted by molar-refractivity contribution is 0.300. The number of amidine groups is 1. The fraction of sp³-hybridized carbons (Fsp3) is 0.462. The molecule has 0 aliphatic carbocycles. The van der Waals surface area contributed by atoms with E-state index in [4.69, 9.17) is 10.5 Å². The molecule has 0 amide bonds. The van der Waals surface area contributed by atoms with Crippen LogP contribution in [-0.4, -0.2) is 18.7 Å². The Hall–Kier alpha value is -1.65. The number of hydrogen-bond acceptors (Lipinski definition) is 3. The summed E-state index contributed by atoms with van der Waals surface area (Å²) in [6.45, 7) is 2.40. The summed E-state index contributed by atoms with van der Waals surface area (Å²) in [5.74, 6) is -1.07. The molecule has 1 aromatic rings. The van der Waals surface area contributed by atoms with E-state index < -0.39 is 11.6 Å². The van der Waals surface area contributed by atoms with Crippen molar-refractivity contribution in [1.82, 2.24) is 0 Å². The molecule has 2 rings (SSSR count). The Balaban J connectivity index is 2.13. The van der Waals surface area contributed by atoms with E-state index >= 15 is 0 Å². The van der Waals surface area contributed by atoms with Gasteiger partial charge in [-0.2, -0.15) is 0 Å². The van der Waals surface area contributed by atoms with Gasteiger partial charge in [-0.3, -0.25) is 0 Å². The van der Waals surface area contributed by atoms with Gasteiger partial charge in [0, 0.05) is 6.07 Å². The van der Waals surface area contributed by atoms with Gasteiger partial charge < -0.3 is 10.5 Å². The van der Waals surface area contributed by atoms with Gasteiger partial charge in [0.1, 0.15) is 18.2 Å². The highest BCUT2D eigenvalue weighted by molar-refractivity contribution is 5.73. The predicted octanol–water partition coefficient (Wildman–Crippen LogP) is 2.56. The maximum absolute atomic E-state index is 13.7. The van der Waals surface area contributed by atoms with Crippen molar-refractivity contribution in [3.05, 3.63) is 35.4 Å². The first-order valence-electron chi connectivity index (χ1n) is 6.01. The highest BCUT2D eigenvalue weighted by Gasteiger charge is 2.23. The van der Waals surface area contributed by atoms with Crippen LogP contribution in [0.5, 0.6) is 0 Å². The molecule has 0 aromatic heterocycles. The molecule has 3 nitrogen and oxygen atoms in total. The second kappa shape index (κ2) is 5.33. The van der Waals surface area contributed by atoms with E-state index in [1.807, 2.05) is 6.92 Å². The maximum Gasteiger partial charge on any atom is 0.282 e. The Morgan fingerprint density at radius 3 is 2.83 bits per heavy atom. The molecular formula is C13H16F2N2O. The minimum Gasteiger partial charge on any atom is -0.463 e. The molecule has 18 heavy (non-hydrogen) atoms. The SMILES string of the molecule is CCC(C[C@H]1COC(N)=N1)c1ccc(F)cc1F. The number of halogens is 2. The summed E-state index contributed by atoms with van der Waals surface area (Å²) in [6, 6.07) is 3.85. The molecule has 1 heterocycles. The second-order valence-electron chi connectivity index (χ2n) is 4.44. The van der Waals surface area contributed by atoms with Crippen LogP contribution in [0.3, 0.4) is 0 Å². The van der Waals surface area contributed by atoms with Crippen LogP contribution in [0.15, 0.2) is 23.2 Å². The summed E-state index contributed by atoms with van der Waals surface area (Å²) >= 11 is 0. The Morgan fingerprint density at radius 2 is 2.28 bits per heavy atom. The minimum atomic E-state index is -0.558. The molecule has 0 radical (unpaired) electrons. The van der Waals surface area contributed by atoms with E-state index in [0.717, 1.165) is 12.5 Å². The van der Waals surface area contributed by atoms with E-state index in [1.54, 1.807) is 0 Å². The predicted molar refractivity (Wildman–Crippen MR) is 65.4 cm³/mol. The quantitative estimate of drug-likeness (QED) is 0.897. The lowest BCUT2D eigenvalue weighted by Gasteiger charge is -2.18. The number of aliphatic imine (C=N–C) groups is 1. The van der Waals surface area contributed by atoms with E-state index in [2.05, 4.69) is 4.99 Å². The third-order valence-electron chi connectivity index (χ3n) is 3.19. The van der Waals surface area contributed by atoms with Crippen molar-refractivity contribution >= 4 is 6.02 Å². The highest BCUT2D eigenvalue weighted by Crippen LogP contribution is 2.29. The molecule has 0 spiro atoms. The zero-order chi connectivity index (χ0) is 13.1. The standard InChI is InChI=1S/C13H16F2N2O/c1-2-8(5-10-7-18-13(16)17-10)11-4-3-9(14)6-12(11)15/h3-4,6,8,10H,2,5,7H2,1H3,(H2,16,17)/t8?,10-/m0/s1. The number of ether oxygens (including phenoxy) is 1. The van der Waals surface area contributed by atoms with Crippen LogP contribution >= 0.6 is 0 Å². The first-order chi connectivity index (χ1) is 8.60. The van der Waals surface area contributed by atoms with Gasteiger partial charge in [-0.15, -0.1) is 0 Å². The van der Waals surface area contributed by atoms with E-state index in [9.17, 15) is 8.78 Å². The van der Waals surface area contributed by atoms with Gasteiger partial charge in [0.15, 0.2) is 0 Å². The van der Waals surface area contributed by atoms with Crippen molar-refractivity contribution in [1.29, 1.82) is 0 Å². The smallest absolute Gasteiger partial charge is 0.282 e. The molecule has 0 saturated carbocycles. The van der Waals surface area contributed by atoms with E-state index in [-0.39, 0.29) is 18.0 Å². The van der Waals surface area contributed by atoms with E-state index in [1.165, 1.54) is 12.1 Å². The molecular weight excluding hydrogens is 238 g/mol. The highest BCUT2D eigenvalue weighted by atomic mass is 19.1. The molecule has 2 N–H and O–H groups in total. The maximum atomic E-state index is 13.7. The van der Waals surface area contributed by atoms with Gasteiger partial charge in [0.2, 0.25) is 0 Å². The number of nitrogens with two attached hydrogens (primary N) is 1. The molecule has 1 unspecified atom stereocenters. The average molecular weight is 254 g/mol. The first kappa shape index (κ1) is 12.8. The van der Waals surface area contributed by atoms with Crippen LogP contribution in [0, 0.1) is 11.6 Å². The van der Waals surface area contributed by atoms with Crippen LogP contribution < -0.4 is 5.73 Å². The van der Waals surface area contributed by atoms with Crippen LogP contribution in [0.1, 0.15) is 31.2 Å². The summed E-state index contributed by atoms with van der Waals surface area (Å²) in [7, 11) is 0. The third kappa shape index (κ3) is 2.78. The summed E-state index contributed by atoms with van der Waals surface area (Å²) in [5, 5.41) is 0. The second-order valence-corrected chi connectivity index (χ2v) is 4.44. The lowest BCUT2D eigenvalue weighted by Crippen LogP contribution is -2.13. The zero-order valence-electron chi connectivity index (χ0n) is 10.2. The summed E-state index contributed by atoms with van der Waals surface area (Å²) in [6.07, 6.45) is 1.41. The fourth-order valence-electron chi connectivity index (χ4n) is 2.23. The summed E-state index contributed by atoms with van der Waals surface area (Å²) < 4.78 is 31.6. The summed E-state index contributed by atoms with van der Waals surface area (Å²) in [4.78, 5) is 4.12. The minimum absolute atomic E-state index is 0.00569. The van der Waals surface area contributed by atoms with Gasteiger partial charge in [0.05, 0.1) is 6.04 Å². The Labute approximate surface area is 105 Å². The molecule has 2 atom stereocenters. The van der Waals surface area contributed by atoms with Crippen LogP contribution in [0.25, 0.3) is 0 Å².